The highest BCUT2D eigenvalue weighted by Crippen LogP contribution is 2.28. The molecule has 0 radical (unpaired) electrons. The Bertz CT molecular complexity index is 1160. The van der Waals surface area contributed by atoms with Crippen LogP contribution in [0.4, 0.5) is 0 Å². The molecule has 5 aromatic rings. The molecule has 3 heteroatoms. The Balaban J connectivity index is 1.60. The van der Waals surface area contributed by atoms with Crippen molar-refractivity contribution in [2.24, 2.45) is 0 Å². The Morgan fingerprint density at radius 1 is 0.464 bits per heavy atom. The Kier molecular flexibility index (Phi) is 4.19. The maximum absolute atomic E-state index is 4.75. The summed E-state index contributed by atoms with van der Waals surface area (Å²) in [6.07, 6.45) is 0. The second-order valence-corrected chi connectivity index (χ2v) is 6.81. The maximum Gasteiger partial charge on any atom is 0.122 e. The lowest BCUT2D eigenvalue weighted by atomic mass is 9.96. The summed E-state index contributed by atoms with van der Waals surface area (Å²) in [6, 6.07) is 37.4. The molecule has 0 spiro atoms. The summed E-state index contributed by atoms with van der Waals surface area (Å²) in [5.74, 6) is 0. The number of nitrogens with zero attached hydrogens (tertiary/aromatic N) is 3. The van der Waals surface area contributed by atoms with Crippen LogP contribution in [-0.2, 0) is 0 Å². The molecule has 0 fully saturated rings. The normalized spacial score (nSPS) is 12.1. The van der Waals surface area contributed by atoms with Gasteiger partial charge in [0.25, 0.3) is 0 Å². The van der Waals surface area contributed by atoms with Gasteiger partial charge in [0.05, 0.1) is 0 Å². The van der Waals surface area contributed by atoms with Gasteiger partial charge in [0.2, 0.25) is 0 Å². The summed E-state index contributed by atoms with van der Waals surface area (Å²) in [6.45, 7) is 0. The second kappa shape index (κ2) is 7.12. The summed E-state index contributed by atoms with van der Waals surface area (Å²) in [5.41, 5.74) is 6.55. The van der Waals surface area contributed by atoms with Crippen molar-refractivity contribution in [3.8, 4) is 11.1 Å². The van der Waals surface area contributed by atoms with Gasteiger partial charge >= 0.3 is 0 Å². The molecule has 1 atom stereocenters. The average molecular weight is 361 g/mol. The van der Waals surface area contributed by atoms with Gasteiger partial charge in [-0.25, -0.2) is 0 Å². The monoisotopic (exact) mass is 361 g/mol. The number of aromatic nitrogens is 3. The van der Waals surface area contributed by atoms with E-state index in [1.165, 1.54) is 11.1 Å². The molecule has 3 nitrogen and oxygen atoms in total. The van der Waals surface area contributed by atoms with Crippen molar-refractivity contribution in [2.75, 3.05) is 0 Å². The number of benzene rings is 4. The van der Waals surface area contributed by atoms with E-state index in [0.717, 1.165) is 22.2 Å². The summed E-state index contributed by atoms with van der Waals surface area (Å²) < 4.78 is 0. The van der Waals surface area contributed by atoms with E-state index in [1.807, 2.05) is 41.2 Å². The highest BCUT2D eigenvalue weighted by Gasteiger charge is 2.19. The molecule has 1 aromatic heterocycles. The highest BCUT2D eigenvalue weighted by atomic mass is 15.5. The molecule has 4 aromatic carbocycles. The van der Waals surface area contributed by atoms with Crippen LogP contribution in [0, 0.1) is 0 Å². The van der Waals surface area contributed by atoms with Crippen LogP contribution < -0.4 is 0 Å². The van der Waals surface area contributed by atoms with Crippen molar-refractivity contribution >= 4 is 11.0 Å². The maximum atomic E-state index is 4.75. The van der Waals surface area contributed by atoms with E-state index in [2.05, 4.69) is 72.8 Å². The Morgan fingerprint density at radius 2 is 0.929 bits per heavy atom. The van der Waals surface area contributed by atoms with Crippen LogP contribution in [-0.4, -0.2) is 15.0 Å². The molecule has 0 amide bonds. The third-order valence-electron chi connectivity index (χ3n) is 4.98. The lowest BCUT2D eigenvalue weighted by Crippen LogP contribution is -2.15. The van der Waals surface area contributed by atoms with E-state index in [4.69, 9.17) is 10.2 Å². The van der Waals surface area contributed by atoms with Gasteiger partial charge in [-0.15, -0.1) is 0 Å². The molecule has 0 aliphatic heterocycles. The molecule has 0 saturated heterocycles. The lowest BCUT2D eigenvalue weighted by molar-refractivity contribution is 0.526. The van der Waals surface area contributed by atoms with Crippen LogP contribution in [0.2, 0.25) is 0 Å². The summed E-state index contributed by atoms with van der Waals surface area (Å²) in [4.78, 5) is 1.83. The predicted octanol–water partition coefficient (Wildman–Crippen LogP) is 5.74. The fourth-order valence-electron chi connectivity index (χ4n) is 3.57. The summed E-state index contributed by atoms with van der Waals surface area (Å²) in [5, 5.41) is 9.50. The van der Waals surface area contributed by atoms with Crippen LogP contribution in [0.15, 0.2) is 109 Å². The molecule has 0 bridgehead atoms. The Morgan fingerprint density at radius 3 is 1.54 bits per heavy atom. The topological polar surface area (TPSA) is 30.7 Å². The van der Waals surface area contributed by atoms with Crippen LogP contribution >= 0.6 is 0 Å². The van der Waals surface area contributed by atoms with Crippen molar-refractivity contribution in [3.63, 3.8) is 0 Å². The Hall–Kier alpha value is -3.72. The molecular weight excluding hydrogens is 342 g/mol. The molecule has 0 saturated carbocycles. The van der Waals surface area contributed by atoms with Crippen molar-refractivity contribution in [1.29, 1.82) is 0 Å². The molecular formula is C25H19N3. The number of fused-ring (bicyclic) bond motifs is 1. The first-order valence-electron chi connectivity index (χ1n) is 9.40. The molecule has 28 heavy (non-hydrogen) atoms. The van der Waals surface area contributed by atoms with Crippen LogP contribution in [0.5, 0.6) is 0 Å². The molecule has 1 unspecified atom stereocenters. The van der Waals surface area contributed by atoms with E-state index < -0.39 is 0 Å². The van der Waals surface area contributed by atoms with Crippen molar-refractivity contribution in [3.05, 3.63) is 120 Å². The molecule has 1 heterocycles. The van der Waals surface area contributed by atoms with E-state index in [-0.39, 0.29) is 6.04 Å². The average Bonchev–Trinajstić information content (AvgIpc) is 3.19. The lowest BCUT2D eigenvalue weighted by Gasteiger charge is -2.17. The van der Waals surface area contributed by atoms with Crippen LogP contribution in [0.25, 0.3) is 22.2 Å². The zero-order valence-corrected chi connectivity index (χ0v) is 15.3. The number of hydrogen-bond donors (Lipinski definition) is 0. The molecule has 0 aliphatic rings. The van der Waals surface area contributed by atoms with Gasteiger partial charge in [-0.2, -0.15) is 15.0 Å². The standard InChI is InChI=1S/C25H19N3/c1-3-9-19(10-4-1)20-15-17-22(18-16-20)25(21-11-5-2-6-12-21)28-26-23-13-7-8-14-24(23)27-28/h1-18,25H. The van der Waals surface area contributed by atoms with E-state index >= 15 is 0 Å². The van der Waals surface area contributed by atoms with E-state index in [0.29, 0.717) is 0 Å². The first-order valence-corrected chi connectivity index (χ1v) is 9.40. The van der Waals surface area contributed by atoms with Gasteiger partial charge in [0.15, 0.2) is 0 Å². The van der Waals surface area contributed by atoms with Crippen LogP contribution in [0.3, 0.4) is 0 Å². The van der Waals surface area contributed by atoms with Gasteiger partial charge in [-0.1, -0.05) is 97.1 Å². The number of hydrogen-bond acceptors (Lipinski definition) is 2. The second-order valence-electron chi connectivity index (χ2n) is 6.81. The fraction of sp³-hybridized carbons (Fsp3) is 0.0400. The van der Waals surface area contributed by atoms with Crippen molar-refractivity contribution < 1.29 is 0 Å². The summed E-state index contributed by atoms with van der Waals surface area (Å²) >= 11 is 0. The van der Waals surface area contributed by atoms with Gasteiger partial charge in [-0.3, -0.25) is 0 Å². The molecule has 0 N–H and O–H groups in total. The van der Waals surface area contributed by atoms with Gasteiger partial charge in [0, 0.05) is 0 Å². The first kappa shape index (κ1) is 16.5. The van der Waals surface area contributed by atoms with Crippen LogP contribution in [0.1, 0.15) is 17.2 Å². The zero-order valence-electron chi connectivity index (χ0n) is 15.3. The van der Waals surface area contributed by atoms with Crippen molar-refractivity contribution in [1.82, 2.24) is 15.0 Å². The van der Waals surface area contributed by atoms with Gasteiger partial charge < -0.3 is 0 Å². The molecule has 134 valence electrons. The third-order valence-corrected chi connectivity index (χ3v) is 4.98. The van der Waals surface area contributed by atoms with E-state index in [9.17, 15) is 0 Å². The molecule has 0 aliphatic carbocycles. The predicted molar refractivity (Wildman–Crippen MR) is 113 cm³/mol. The highest BCUT2D eigenvalue weighted by molar-refractivity contribution is 5.73. The van der Waals surface area contributed by atoms with E-state index in [1.54, 1.807) is 0 Å². The molecule has 5 rings (SSSR count). The smallest absolute Gasteiger partial charge is 0.122 e. The largest absolute Gasteiger partial charge is 0.172 e. The first-order chi connectivity index (χ1) is 13.9. The fourth-order valence-corrected chi connectivity index (χ4v) is 3.57. The minimum atomic E-state index is -0.0709. The zero-order chi connectivity index (χ0) is 18.8. The quantitative estimate of drug-likeness (QED) is 0.409. The Labute approximate surface area is 163 Å². The SMILES string of the molecule is c1ccc(-c2ccc(C(c3ccccc3)n3nc4ccccc4n3)cc2)cc1. The third kappa shape index (κ3) is 3.08. The van der Waals surface area contributed by atoms with Crippen molar-refractivity contribution in [2.45, 2.75) is 6.04 Å². The minimum absolute atomic E-state index is 0.0709. The van der Waals surface area contributed by atoms with Gasteiger partial charge in [0.1, 0.15) is 17.1 Å². The summed E-state index contributed by atoms with van der Waals surface area (Å²) in [7, 11) is 0. The minimum Gasteiger partial charge on any atom is -0.172 e. The van der Waals surface area contributed by atoms with Gasteiger partial charge in [-0.05, 0) is 34.4 Å². The number of rotatable bonds is 4.